The van der Waals surface area contributed by atoms with E-state index in [1.165, 1.54) is 0 Å². The summed E-state index contributed by atoms with van der Waals surface area (Å²) < 4.78 is 0.896. The highest BCUT2D eigenvalue weighted by atomic mass is 79.9. The van der Waals surface area contributed by atoms with Gasteiger partial charge in [-0.05, 0) is 48.9 Å². The first-order chi connectivity index (χ1) is 8.99. The predicted octanol–water partition coefficient (Wildman–Crippen LogP) is 4.05. The molecular formula is C15H14BrNO2. The number of fused-ring (bicyclic) bond motifs is 2. The summed E-state index contributed by atoms with van der Waals surface area (Å²) in [6, 6.07) is 3.84. The molecule has 1 unspecified atom stereocenters. The molecule has 0 saturated heterocycles. The summed E-state index contributed by atoms with van der Waals surface area (Å²) >= 11 is 3.44. The maximum absolute atomic E-state index is 11.7. The third kappa shape index (κ3) is 1.86. The molecule has 1 aliphatic rings. The summed E-state index contributed by atoms with van der Waals surface area (Å²) in [5.41, 5.74) is 4.15. The zero-order chi connectivity index (χ0) is 13.7. The van der Waals surface area contributed by atoms with Gasteiger partial charge in [-0.15, -0.1) is 0 Å². The molecule has 1 aromatic heterocycles. The van der Waals surface area contributed by atoms with Gasteiger partial charge in [0.1, 0.15) is 0 Å². The second-order valence-corrected chi connectivity index (χ2v) is 6.13. The Morgan fingerprint density at radius 2 is 2.21 bits per heavy atom. The number of hydrogen-bond acceptors (Lipinski definition) is 2. The number of carbonyl (C=O) groups is 1. The third-order valence-corrected chi connectivity index (χ3v) is 4.34. The van der Waals surface area contributed by atoms with Crippen LogP contribution in [0.2, 0.25) is 0 Å². The van der Waals surface area contributed by atoms with Gasteiger partial charge in [0.05, 0.1) is 11.1 Å². The molecule has 3 rings (SSSR count). The average Bonchev–Trinajstić information content (AvgIpc) is 2.68. The highest BCUT2D eigenvalue weighted by molar-refractivity contribution is 9.10. The van der Waals surface area contributed by atoms with Crippen LogP contribution in [0.3, 0.4) is 0 Å². The average molecular weight is 320 g/mol. The van der Waals surface area contributed by atoms with Crippen LogP contribution in [0, 0.1) is 6.92 Å². The number of rotatable bonds is 1. The van der Waals surface area contributed by atoms with E-state index in [1.54, 1.807) is 0 Å². The highest BCUT2D eigenvalue weighted by Gasteiger charge is 2.28. The number of aromatic nitrogens is 1. The zero-order valence-electron chi connectivity index (χ0n) is 10.8. The Hall–Kier alpha value is -1.42. The number of aryl methyl sites for hydroxylation is 1. The molecule has 3 nitrogen and oxygen atoms in total. The minimum atomic E-state index is -0.852. The van der Waals surface area contributed by atoms with Gasteiger partial charge in [0, 0.05) is 15.6 Å². The van der Waals surface area contributed by atoms with Gasteiger partial charge >= 0.3 is 5.97 Å². The Morgan fingerprint density at radius 3 is 2.89 bits per heavy atom. The summed E-state index contributed by atoms with van der Waals surface area (Å²) in [5.74, 6) is -0.504. The van der Waals surface area contributed by atoms with Crippen LogP contribution in [-0.4, -0.2) is 16.1 Å². The van der Waals surface area contributed by atoms with Gasteiger partial charge in [0.2, 0.25) is 0 Å². The molecule has 0 amide bonds. The molecule has 98 valence electrons. The number of hydrogen-bond donors (Lipinski definition) is 1. The number of benzene rings is 1. The fourth-order valence-electron chi connectivity index (χ4n) is 2.96. The fraction of sp³-hybridized carbons (Fsp3) is 0.333. The van der Waals surface area contributed by atoms with Crippen LogP contribution in [0.15, 0.2) is 16.6 Å². The van der Waals surface area contributed by atoms with Gasteiger partial charge in [-0.25, -0.2) is 4.79 Å². The molecule has 1 N–H and O–H groups in total. The van der Waals surface area contributed by atoms with Crippen LogP contribution in [0.4, 0.5) is 0 Å². The van der Waals surface area contributed by atoms with E-state index in [0.717, 1.165) is 45.0 Å². The topological polar surface area (TPSA) is 50.2 Å². The molecular weight excluding hydrogens is 306 g/mol. The van der Waals surface area contributed by atoms with Crippen molar-refractivity contribution in [3.05, 3.63) is 39.0 Å². The summed E-state index contributed by atoms with van der Waals surface area (Å²) in [5, 5.41) is 10.3. The molecule has 2 aromatic rings. The van der Waals surface area contributed by atoms with Gasteiger partial charge in [0.25, 0.3) is 0 Å². The van der Waals surface area contributed by atoms with E-state index in [4.69, 9.17) is 4.98 Å². The normalized spacial score (nSPS) is 17.7. The van der Waals surface area contributed by atoms with Crippen molar-refractivity contribution in [1.82, 2.24) is 4.98 Å². The Labute approximate surface area is 119 Å². The van der Waals surface area contributed by atoms with Crippen molar-refractivity contribution in [3.63, 3.8) is 0 Å². The largest absolute Gasteiger partial charge is 0.478 e. The first kappa shape index (κ1) is 12.6. The van der Waals surface area contributed by atoms with Crippen LogP contribution in [0.1, 0.15) is 46.4 Å². The maximum Gasteiger partial charge on any atom is 0.336 e. The third-order valence-electron chi connectivity index (χ3n) is 3.89. The van der Waals surface area contributed by atoms with Crippen molar-refractivity contribution < 1.29 is 9.90 Å². The Morgan fingerprint density at radius 1 is 1.47 bits per heavy atom. The van der Waals surface area contributed by atoms with Crippen molar-refractivity contribution >= 4 is 32.8 Å². The molecule has 1 aromatic carbocycles. The van der Waals surface area contributed by atoms with Crippen LogP contribution in [-0.2, 0) is 6.42 Å². The van der Waals surface area contributed by atoms with Crippen LogP contribution < -0.4 is 0 Å². The van der Waals surface area contributed by atoms with Crippen molar-refractivity contribution in [2.45, 2.75) is 32.6 Å². The van der Waals surface area contributed by atoms with Gasteiger partial charge in [-0.3, -0.25) is 4.98 Å². The first-order valence-corrected chi connectivity index (χ1v) is 7.14. The monoisotopic (exact) mass is 319 g/mol. The summed E-state index contributed by atoms with van der Waals surface area (Å²) in [4.78, 5) is 16.4. The van der Waals surface area contributed by atoms with Crippen molar-refractivity contribution in [2.24, 2.45) is 0 Å². The van der Waals surface area contributed by atoms with E-state index >= 15 is 0 Å². The standard InChI is InChI=1S/C15H14BrNO2/c1-7-3-4-10-12(15(18)19)11-6-9(16)5-8(2)14(11)17-13(7)10/h5-7H,3-4H2,1-2H3,(H,18,19). The molecule has 0 aliphatic heterocycles. The van der Waals surface area contributed by atoms with Gasteiger partial charge < -0.3 is 5.11 Å². The van der Waals surface area contributed by atoms with Gasteiger partial charge in [0.15, 0.2) is 0 Å². The Kier molecular flexibility index (Phi) is 2.86. The summed E-state index contributed by atoms with van der Waals surface area (Å²) in [7, 11) is 0. The SMILES string of the molecule is Cc1cc(Br)cc2c(C(=O)O)c3c(nc12)C(C)CC3. The second kappa shape index (κ2) is 4.30. The number of nitrogens with zero attached hydrogens (tertiary/aromatic N) is 1. The molecule has 1 heterocycles. The molecule has 19 heavy (non-hydrogen) atoms. The molecule has 4 heteroatoms. The lowest BCUT2D eigenvalue weighted by molar-refractivity contribution is 0.0698. The van der Waals surface area contributed by atoms with Gasteiger partial charge in [-0.2, -0.15) is 0 Å². The van der Waals surface area contributed by atoms with Crippen LogP contribution >= 0.6 is 15.9 Å². The van der Waals surface area contributed by atoms with E-state index in [9.17, 15) is 9.90 Å². The smallest absolute Gasteiger partial charge is 0.336 e. The lowest BCUT2D eigenvalue weighted by Gasteiger charge is -2.12. The highest BCUT2D eigenvalue weighted by Crippen LogP contribution is 2.38. The maximum atomic E-state index is 11.7. The zero-order valence-corrected chi connectivity index (χ0v) is 12.4. The first-order valence-electron chi connectivity index (χ1n) is 6.35. The fourth-order valence-corrected chi connectivity index (χ4v) is 3.53. The predicted molar refractivity (Wildman–Crippen MR) is 77.9 cm³/mol. The second-order valence-electron chi connectivity index (χ2n) is 5.21. The summed E-state index contributed by atoms with van der Waals surface area (Å²) in [6.07, 6.45) is 1.80. The minimum absolute atomic E-state index is 0.348. The van der Waals surface area contributed by atoms with Gasteiger partial charge in [-0.1, -0.05) is 22.9 Å². The van der Waals surface area contributed by atoms with Crippen molar-refractivity contribution in [3.8, 4) is 0 Å². The molecule has 0 saturated carbocycles. The quantitative estimate of drug-likeness (QED) is 0.862. The summed E-state index contributed by atoms with van der Waals surface area (Å²) in [6.45, 7) is 4.09. The molecule has 0 fully saturated rings. The van der Waals surface area contributed by atoms with E-state index in [1.807, 2.05) is 19.1 Å². The molecule has 0 radical (unpaired) electrons. The van der Waals surface area contributed by atoms with E-state index in [0.29, 0.717) is 11.5 Å². The minimum Gasteiger partial charge on any atom is -0.478 e. The number of halogens is 1. The Balaban J connectivity index is 2.49. The molecule has 0 spiro atoms. The van der Waals surface area contributed by atoms with Crippen molar-refractivity contribution in [1.29, 1.82) is 0 Å². The number of carboxylic acids is 1. The number of pyridine rings is 1. The molecule has 1 atom stereocenters. The van der Waals surface area contributed by atoms with E-state index < -0.39 is 5.97 Å². The lowest BCUT2D eigenvalue weighted by Crippen LogP contribution is -2.06. The Bertz CT molecular complexity index is 709. The van der Waals surface area contributed by atoms with E-state index in [-0.39, 0.29) is 0 Å². The molecule has 1 aliphatic carbocycles. The van der Waals surface area contributed by atoms with Crippen molar-refractivity contribution in [2.75, 3.05) is 0 Å². The number of carboxylic acid groups (broad SMARTS) is 1. The van der Waals surface area contributed by atoms with Crippen LogP contribution in [0.5, 0.6) is 0 Å². The number of aromatic carboxylic acids is 1. The van der Waals surface area contributed by atoms with E-state index in [2.05, 4.69) is 22.9 Å². The lowest BCUT2D eigenvalue weighted by atomic mass is 9.98. The van der Waals surface area contributed by atoms with Crippen LogP contribution in [0.25, 0.3) is 10.9 Å². The molecule has 0 bridgehead atoms.